The Morgan fingerprint density at radius 1 is 0.952 bits per heavy atom. The first-order chi connectivity index (χ1) is 10.1. The summed E-state index contributed by atoms with van der Waals surface area (Å²) in [6.07, 6.45) is 9.33. The van der Waals surface area contributed by atoms with Crippen LogP contribution < -0.4 is 10.6 Å². The van der Waals surface area contributed by atoms with Crippen molar-refractivity contribution in [2.75, 3.05) is 17.7 Å². The van der Waals surface area contributed by atoms with Gasteiger partial charge in [-0.05, 0) is 19.8 Å². The molecule has 0 aliphatic heterocycles. The van der Waals surface area contributed by atoms with Crippen molar-refractivity contribution in [3.63, 3.8) is 0 Å². The van der Waals surface area contributed by atoms with Crippen LogP contribution in [-0.4, -0.2) is 23.1 Å². The Bertz CT molecular complexity index is 448. The summed E-state index contributed by atoms with van der Waals surface area (Å²) in [6.45, 7) is 6.38. The molecule has 0 radical (unpaired) electrons. The van der Waals surface area contributed by atoms with E-state index in [1.165, 1.54) is 44.9 Å². The topological polar surface area (TPSA) is 49.8 Å². The molecule has 4 heteroatoms. The zero-order valence-electron chi connectivity index (χ0n) is 14.0. The number of anilines is 2. The summed E-state index contributed by atoms with van der Waals surface area (Å²) < 4.78 is 0. The summed E-state index contributed by atoms with van der Waals surface area (Å²) in [5.74, 6) is 3.22. The molecule has 4 nitrogen and oxygen atoms in total. The van der Waals surface area contributed by atoms with E-state index in [1.807, 2.05) is 7.05 Å². The summed E-state index contributed by atoms with van der Waals surface area (Å²) in [7, 11) is 1.93. The van der Waals surface area contributed by atoms with E-state index in [0.29, 0.717) is 12.0 Å². The van der Waals surface area contributed by atoms with E-state index in [4.69, 9.17) is 4.98 Å². The fraction of sp³-hybridized carbons (Fsp3) is 0.765. The van der Waals surface area contributed by atoms with E-state index in [9.17, 15) is 0 Å². The van der Waals surface area contributed by atoms with Gasteiger partial charge in [0.1, 0.15) is 17.5 Å². The van der Waals surface area contributed by atoms with E-state index < -0.39 is 0 Å². The van der Waals surface area contributed by atoms with Crippen molar-refractivity contribution in [1.82, 2.24) is 9.97 Å². The fourth-order valence-electron chi connectivity index (χ4n) is 2.97. The lowest BCUT2D eigenvalue weighted by atomic mass is 9.96. The summed E-state index contributed by atoms with van der Waals surface area (Å²) in [6, 6.07) is 0.559. The van der Waals surface area contributed by atoms with Crippen LogP contribution in [0.2, 0.25) is 0 Å². The molecular weight excluding hydrogens is 260 g/mol. The van der Waals surface area contributed by atoms with E-state index in [1.54, 1.807) is 0 Å². The molecule has 0 atom stereocenters. The third-order valence-electron chi connectivity index (χ3n) is 4.36. The molecule has 21 heavy (non-hydrogen) atoms. The van der Waals surface area contributed by atoms with Crippen LogP contribution >= 0.6 is 0 Å². The lowest BCUT2D eigenvalue weighted by molar-refractivity contribution is 0.470. The predicted molar refractivity (Wildman–Crippen MR) is 90.1 cm³/mol. The van der Waals surface area contributed by atoms with E-state index in [0.717, 1.165) is 23.0 Å². The van der Waals surface area contributed by atoms with Crippen molar-refractivity contribution < 1.29 is 0 Å². The van der Waals surface area contributed by atoms with Gasteiger partial charge in [-0.3, -0.25) is 0 Å². The molecule has 1 fully saturated rings. The highest BCUT2D eigenvalue weighted by Crippen LogP contribution is 2.26. The van der Waals surface area contributed by atoms with Crippen molar-refractivity contribution in [3.8, 4) is 0 Å². The standard InChI is InChI=1S/C17H30N4/c1-12(2)15-20-16(18-4)13(3)17(21-15)19-14-10-8-6-5-7-9-11-14/h12,14H,5-11H2,1-4H3,(H2,18,19,20,21). The van der Waals surface area contributed by atoms with Gasteiger partial charge in [0.2, 0.25) is 0 Å². The Morgan fingerprint density at radius 2 is 1.52 bits per heavy atom. The summed E-state index contributed by atoms with van der Waals surface area (Å²) in [5.41, 5.74) is 1.13. The molecule has 1 aromatic rings. The second-order valence-corrected chi connectivity index (χ2v) is 6.50. The Kier molecular flexibility index (Phi) is 5.83. The van der Waals surface area contributed by atoms with Crippen LogP contribution in [0.15, 0.2) is 0 Å². The molecule has 1 aliphatic carbocycles. The van der Waals surface area contributed by atoms with Crippen LogP contribution in [0.4, 0.5) is 11.6 Å². The largest absolute Gasteiger partial charge is 0.373 e. The SMILES string of the molecule is CNc1nc(C(C)C)nc(NC2CCCCCCC2)c1C. The average molecular weight is 290 g/mol. The molecule has 2 rings (SSSR count). The molecule has 1 saturated carbocycles. The van der Waals surface area contributed by atoms with Gasteiger partial charge < -0.3 is 10.6 Å². The zero-order chi connectivity index (χ0) is 15.2. The molecule has 0 spiro atoms. The van der Waals surface area contributed by atoms with Crippen molar-refractivity contribution in [3.05, 3.63) is 11.4 Å². The minimum absolute atomic E-state index is 0.343. The van der Waals surface area contributed by atoms with Crippen LogP contribution in [0.25, 0.3) is 0 Å². The lowest BCUT2D eigenvalue weighted by Crippen LogP contribution is -2.23. The van der Waals surface area contributed by atoms with E-state index in [-0.39, 0.29) is 0 Å². The number of nitrogens with zero attached hydrogens (tertiary/aromatic N) is 2. The van der Waals surface area contributed by atoms with Gasteiger partial charge in [0, 0.05) is 24.6 Å². The highest BCUT2D eigenvalue weighted by molar-refractivity contribution is 5.57. The molecule has 0 bridgehead atoms. The Balaban J connectivity index is 2.18. The summed E-state index contributed by atoms with van der Waals surface area (Å²) in [4.78, 5) is 9.38. The molecule has 1 aliphatic rings. The molecule has 2 N–H and O–H groups in total. The van der Waals surface area contributed by atoms with Crippen molar-refractivity contribution in [1.29, 1.82) is 0 Å². The number of rotatable bonds is 4. The molecule has 1 aromatic heterocycles. The van der Waals surface area contributed by atoms with Crippen LogP contribution in [-0.2, 0) is 0 Å². The molecule has 0 unspecified atom stereocenters. The van der Waals surface area contributed by atoms with Gasteiger partial charge in [-0.25, -0.2) is 9.97 Å². The summed E-state index contributed by atoms with van der Waals surface area (Å²) >= 11 is 0. The van der Waals surface area contributed by atoms with Gasteiger partial charge in [0.15, 0.2) is 0 Å². The zero-order valence-corrected chi connectivity index (χ0v) is 14.0. The van der Waals surface area contributed by atoms with Crippen molar-refractivity contribution in [2.45, 2.75) is 77.7 Å². The number of nitrogens with one attached hydrogen (secondary N) is 2. The van der Waals surface area contributed by atoms with Crippen LogP contribution in [0.1, 0.15) is 76.1 Å². The normalized spacial score (nSPS) is 17.4. The third-order valence-corrected chi connectivity index (χ3v) is 4.36. The molecular formula is C17H30N4. The summed E-state index contributed by atoms with van der Waals surface area (Å²) in [5, 5.41) is 6.90. The Morgan fingerprint density at radius 3 is 2.10 bits per heavy atom. The first-order valence-corrected chi connectivity index (χ1v) is 8.44. The molecule has 0 saturated heterocycles. The minimum Gasteiger partial charge on any atom is -0.373 e. The van der Waals surface area contributed by atoms with E-state index in [2.05, 4.69) is 36.4 Å². The highest BCUT2D eigenvalue weighted by Gasteiger charge is 2.16. The van der Waals surface area contributed by atoms with Crippen molar-refractivity contribution >= 4 is 11.6 Å². The highest BCUT2D eigenvalue weighted by atomic mass is 15.1. The van der Waals surface area contributed by atoms with E-state index >= 15 is 0 Å². The van der Waals surface area contributed by atoms with Gasteiger partial charge in [0.05, 0.1) is 0 Å². The Labute approximate surface area is 129 Å². The van der Waals surface area contributed by atoms with Gasteiger partial charge in [-0.2, -0.15) is 0 Å². The lowest BCUT2D eigenvalue weighted by Gasteiger charge is -2.23. The fourth-order valence-corrected chi connectivity index (χ4v) is 2.97. The van der Waals surface area contributed by atoms with Crippen LogP contribution in [0.3, 0.4) is 0 Å². The predicted octanol–water partition coefficient (Wildman–Crippen LogP) is 4.47. The number of aromatic nitrogens is 2. The van der Waals surface area contributed by atoms with Crippen LogP contribution in [0, 0.1) is 6.92 Å². The van der Waals surface area contributed by atoms with Gasteiger partial charge in [-0.15, -0.1) is 0 Å². The molecule has 0 amide bonds. The van der Waals surface area contributed by atoms with Gasteiger partial charge >= 0.3 is 0 Å². The smallest absolute Gasteiger partial charge is 0.135 e. The van der Waals surface area contributed by atoms with Crippen molar-refractivity contribution in [2.24, 2.45) is 0 Å². The quantitative estimate of drug-likeness (QED) is 0.858. The second kappa shape index (κ2) is 7.62. The Hall–Kier alpha value is -1.32. The first-order valence-electron chi connectivity index (χ1n) is 8.44. The maximum absolute atomic E-state index is 4.77. The monoisotopic (exact) mass is 290 g/mol. The number of hydrogen-bond donors (Lipinski definition) is 2. The first kappa shape index (κ1) is 16.1. The second-order valence-electron chi connectivity index (χ2n) is 6.50. The molecule has 118 valence electrons. The minimum atomic E-state index is 0.343. The van der Waals surface area contributed by atoms with Gasteiger partial charge in [0.25, 0.3) is 0 Å². The number of hydrogen-bond acceptors (Lipinski definition) is 4. The molecule has 1 heterocycles. The average Bonchev–Trinajstić information content (AvgIpc) is 2.43. The maximum atomic E-state index is 4.77. The maximum Gasteiger partial charge on any atom is 0.135 e. The third kappa shape index (κ3) is 4.32. The van der Waals surface area contributed by atoms with Crippen LogP contribution in [0.5, 0.6) is 0 Å². The molecule has 0 aromatic carbocycles. The van der Waals surface area contributed by atoms with Gasteiger partial charge in [-0.1, -0.05) is 46.0 Å².